The van der Waals surface area contributed by atoms with Gasteiger partial charge in [0.2, 0.25) is 0 Å². The first-order valence-electron chi connectivity index (χ1n) is 20.1. The molecule has 3 aliphatic rings. The summed E-state index contributed by atoms with van der Waals surface area (Å²) in [6.07, 6.45) is 19.9. The second kappa shape index (κ2) is 18.1. The van der Waals surface area contributed by atoms with Crippen LogP contribution in [0.2, 0.25) is 0 Å². The second-order valence-electron chi connectivity index (χ2n) is 15.3. The summed E-state index contributed by atoms with van der Waals surface area (Å²) in [5.41, 5.74) is 4.21. The van der Waals surface area contributed by atoms with Gasteiger partial charge in [-0.2, -0.15) is 13.2 Å². The van der Waals surface area contributed by atoms with Crippen LogP contribution >= 0.6 is 22.7 Å². The van der Waals surface area contributed by atoms with Gasteiger partial charge < -0.3 is 9.47 Å². The molecule has 2 heterocycles. The number of fused-ring (bicyclic) bond motifs is 7. The number of benzene rings is 1. The van der Waals surface area contributed by atoms with Crippen molar-refractivity contribution in [1.82, 2.24) is 0 Å². The fourth-order valence-electron chi connectivity index (χ4n) is 8.33. The van der Waals surface area contributed by atoms with Crippen molar-refractivity contribution >= 4 is 72.3 Å². The Bertz CT molecular complexity index is 1950. The zero-order valence-electron chi connectivity index (χ0n) is 31.6. The molecular weight excluding hydrogens is 714 g/mol. The Hall–Kier alpha value is -2.91. The molecule has 4 atom stereocenters. The van der Waals surface area contributed by atoms with Crippen molar-refractivity contribution in [3.05, 3.63) is 50.2 Å². The topological polar surface area (TPSA) is 52.6 Å². The first-order valence-corrected chi connectivity index (χ1v) is 21.8. The summed E-state index contributed by atoms with van der Waals surface area (Å²) in [4.78, 5) is 25.1. The number of rotatable bonds is 18. The highest BCUT2D eigenvalue weighted by molar-refractivity contribution is 7.32. The normalized spacial score (nSPS) is 20.9. The van der Waals surface area contributed by atoms with Gasteiger partial charge in [-0.3, -0.25) is 9.59 Å². The molecule has 0 spiro atoms. The van der Waals surface area contributed by atoms with Gasteiger partial charge in [-0.05, 0) is 43.4 Å². The van der Waals surface area contributed by atoms with E-state index in [0.717, 1.165) is 70.0 Å². The van der Waals surface area contributed by atoms with E-state index in [2.05, 4.69) is 50.3 Å². The van der Waals surface area contributed by atoms with Crippen LogP contribution in [-0.2, 0) is 19.1 Å². The van der Waals surface area contributed by atoms with Crippen LogP contribution in [0.25, 0.3) is 37.7 Å². The molecule has 3 aliphatic carbocycles. The van der Waals surface area contributed by atoms with E-state index in [0.29, 0.717) is 12.8 Å². The minimum atomic E-state index is -4.62. The summed E-state index contributed by atoms with van der Waals surface area (Å²) in [5.74, 6) is -1.18. The zero-order valence-corrected chi connectivity index (χ0v) is 33.2. The molecule has 3 aromatic rings. The van der Waals surface area contributed by atoms with Gasteiger partial charge in [-0.25, -0.2) is 0 Å². The highest BCUT2D eigenvalue weighted by Gasteiger charge is 2.36. The van der Waals surface area contributed by atoms with Gasteiger partial charge >= 0.3 is 18.1 Å². The highest BCUT2D eigenvalue weighted by atomic mass is 32.1. The van der Waals surface area contributed by atoms with Crippen molar-refractivity contribution < 1.29 is 32.2 Å². The SMILES string of the molecule is CCCCCCCCC1=Cc2cc3sc4c5c(sc4c3cc2C(OC(=O)CC(F)(F)F)C1)=CC1C=C(CCCCCCCC)CC(OC(=O)CC)C1C=5. The molecule has 0 N–H and O–H groups in total. The number of ether oxygens (including phenoxy) is 2. The highest BCUT2D eigenvalue weighted by Crippen LogP contribution is 2.44. The molecule has 4 unspecified atom stereocenters. The maximum absolute atomic E-state index is 13.2. The lowest BCUT2D eigenvalue weighted by atomic mass is 9.75. The number of allylic oxidation sites excluding steroid dienone is 1. The van der Waals surface area contributed by atoms with Crippen LogP contribution in [0.15, 0.2) is 29.4 Å². The summed E-state index contributed by atoms with van der Waals surface area (Å²) >= 11 is 3.49. The van der Waals surface area contributed by atoms with Crippen molar-refractivity contribution in [1.29, 1.82) is 0 Å². The van der Waals surface area contributed by atoms with Crippen molar-refractivity contribution in [2.24, 2.45) is 11.8 Å². The Kier molecular flexibility index (Phi) is 13.6. The van der Waals surface area contributed by atoms with E-state index in [1.165, 1.54) is 77.8 Å². The van der Waals surface area contributed by atoms with E-state index in [1.54, 1.807) is 22.7 Å². The fourth-order valence-corrected chi connectivity index (χ4v) is 11.1. The Morgan fingerprint density at radius 2 is 1.43 bits per heavy atom. The molecule has 0 saturated heterocycles. The van der Waals surface area contributed by atoms with Crippen LogP contribution < -0.4 is 9.75 Å². The van der Waals surface area contributed by atoms with Crippen molar-refractivity contribution in [3.63, 3.8) is 0 Å². The van der Waals surface area contributed by atoms with Crippen molar-refractivity contribution in [2.45, 2.75) is 155 Å². The van der Waals surface area contributed by atoms with E-state index < -0.39 is 24.7 Å². The number of hydrogen-bond donors (Lipinski definition) is 0. The Morgan fingerprint density at radius 1 is 0.755 bits per heavy atom. The number of hydrogen-bond acceptors (Lipinski definition) is 6. The summed E-state index contributed by atoms with van der Waals surface area (Å²) in [7, 11) is 0. The molecule has 2 aromatic heterocycles. The molecule has 0 fully saturated rings. The number of thiophene rings is 2. The third kappa shape index (κ3) is 10.0. The Morgan fingerprint density at radius 3 is 2.11 bits per heavy atom. The van der Waals surface area contributed by atoms with E-state index in [1.807, 2.05) is 6.92 Å². The second-order valence-corrected chi connectivity index (χ2v) is 17.4. The maximum atomic E-state index is 13.2. The average Bonchev–Trinajstić information content (AvgIpc) is 3.63. The summed E-state index contributed by atoms with van der Waals surface area (Å²) in [6, 6.07) is 4.20. The van der Waals surface area contributed by atoms with Gasteiger partial charge in [-0.15, -0.1) is 22.7 Å². The molecule has 0 saturated carbocycles. The first-order chi connectivity index (χ1) is 25.6. The third-order valence-electron chi connectivity index (χ3n) is 11.1. The molecule has 0 amide bonds. The van der Waals surface area contributed by atoms with Crippen molar-refractivity contribution in [2.75, 3.05) is 0 Å². The summed E-state index contributed by atoms with van der Waals surface area (Å²) in [5, 5.41) is 2.23. The third-order valence-corrected chi connectivity index (χ3v) is 13.6. The van der Waals surface area contributed by atoms with Crippen LogP contribution in [0.1, 0.15) is 154 Å². The van der Waals surface area contributed by atoms with E-state index in [-0.39, 0.29) is 23.9 Å². The number of esters is 2. The lowest BCUT2D eigenvalue weighted by molar-refractivity contribution is -0.175. The lowest BCUT2D eigenvalue weighted by Gasteiger charge is -2.35. The molecule has 53 heavy (non-hydrogen) atoms. The monoisotopic (exact) mass is 768 g/mol. The number of carbonyl (C=O) groups excluding carboxylic acids is 2. The molecular formula is C44H55F3O4S2. The van der Waals surface area contributed by atoms with Crippen LogP contribution in [0.5, 0.6) is 0 Å². The molecule has 0 aliphatic heterocycles. The van der Waals surface area contributed by atoms with Gasteiger partial charge in [0.15, 0.2) is 0 Å². The molecule has 0 bridgehead atoms. The van der Waals surface area contributed by atoms with Gasteiger partial charge in [0.25, 0.3) is 0 Å². The molecule has 1 aromatic carbocycles. The van der Waals surface area contributed by atoms with Gasteiger partial charge in [0, 0.05) is 56.5 Å². The molecule has 4 nitrogen and oxygen atoms in total. The maximum Gasteiger partial charge on any atom is 0.399 e. The van der Waals surface area contributed by atoms with Gasteiger partial charge in [-0.1, -0.05) is 120 Å². The largest absolute Gasteiger partial charge is 0.461 e. The number of alkyl halides is 3. The molecule has 6 rings (SSSR count). The quantitative estimate of drug-likeness (QED) is 0.0735. The van der Waals surface area contributed by atoms with Crippen molar-refractivity contribution in [3.8, 4) is 0 Å². The predicted octanol–water partition coefficient (Wildman–Crippen LogP) is 12.4. The van der Waals surface area contributed by atoms with E-state index >= 15 is 0 Å². The molecule has 288 valence electrons. The number of carbonyl (C=O) groups is 2. The smallest absolute Gasteiger partial charge is 0.399 e. The minimum Gasteiger partial charge on any atom is -0.461 e. The Labute approximate surface area is 320 Å². The molecule has 9 heteroatoms. The van der Waals surface area contributed by atoms with E-state index in [9.17, 15) is 22.8 Å². The van der Waals surface area contributed by atoms with Gasteiger partial charge in [0.1, 0.15) is 18.6 Å². The lowest BCUT2D eigenvalue weighted by Crippen LogP contribution is -2.39. The fraction of sp³-hybridized carbons (Fsp3) is 0.591. The summed E-state index contributed by atoms with van der Waals surface area (Å²) in [6.45, 7) is 6.28. The summed E-state index contributed by atoms with van der Waals surface area (Å²) < 4.78 is 55.9. The van der Waals surface area contributed by atoms with Crippen LogP contribution in [0.3, 0.4) is 0 Å². The Balaban J connectivity index is 1.32. The molecule has 0 radical (unpaired) electrons. The minimum absolute atomic E-state index is 0.0624. The average molecular weight is 769 g/mol. The van der Waals surface area contributed by atoms with Crippen LogP contribution in [-0.4, -0.2) is 24.2 Å². The first kappa shape index (κ1) is 39.8. The zero-order chi connectivity index (χ0) is 37.5. The van der Waals surface area contributed by atoms with Gasteiger partial charge in [0.05, 0.1) is 9.40 Å². The standard InChI is InChI=1S/C44H55F3O4S2/c1-4-7-9-11-13-15-17-28-19-30-23-38-34(25-32(30)36(21-28)50-40(48)6-3)42-43(52-38)35-26-33-31(24-39(35)53-42)20-29(18-16-14-12-10-8-5-2)22-37(33)51-41(49)27-44(45,46)47/h19-20,23-26,30,32,36-37H,4-18,21-22,27H2,1-3H3. The van der Waals surface area contributed by atoms with E-state index in [4.69, 9.17) is 9.47 Å². The number of unbranched alkanes of at least 4 members (excludes halogenated alkanes) is 10. The number of halogens is 3. The van der Waals surface area contributed by atoms with Crippen LogP contribution in [0.4, 0.5) is 13.2 Å². The predicted molar refractivity (Wildman–Crippen MR) is 213 cm³/mol. The van der Waals surface area contributed by atoms with Crippen LogP contribution in [0, 0.1) is 11.8 Å².